The predicted octanol–water partition coefficient (Wildman–Crippen LogP) is 2.14. The second kappa shape index (κ2) is 4.96. The fourth-order valence-corrected chi connectivity index (χ4v) is 1.12. The van der Waals surface area contributed by atoms with E-state index < -0.39 is 5.60 Å². The van der Waals surface area contributed by atoms with Crippen LogP contribution in [0.4, 0.5) is 5.69 Å². The maximum atomic E-state index is 11.4. The summed E-state index contributed by atoms with van der Waals surface area (Å²) in [6.45, 7) is 7.61. The van der Waals surface area contributed by atoms with E-state index in [1.54, 1.807) is 6.20 Å². The fraction of sp³-hybridized carbons (Fsp3) is 0.500. The van der Waals surface area contributed by atoms with Crippen molar-refractivity contribution >= 4 is 11.7 Å². The molecule has 0 amide bonds. The maximum Gasteiger partial charge on any atom is 0.325 e. The third kappa shape index (κ3) is 4.77. The molecule has 0 atom stereocenters. The van der Waals surface area contributed by atoms with Crippen LogP contribution >= 0.6 is 0 Å². The number of hydrogen-bond acceptors (Lipinski definition) is 4. The highest BCUT2D eigenvalue weighted by Gasteiger charge is 2.15. The Bertz CT molecular complexity index is 352. The lowest BCUT2D eigenvalue weighted by molar-refractivity contribution is -0.152. The second-order valence-electron chi connectivity index (χ2n) is 4.63. The standard InChI is InChI=1S/C12H18N2O2/c1-9-5-6-10(7-13-9)14-8-11(15)16-12(2,3)4/h5-7,14H,8H2,1-4H3. The van der Waals surface area contributed by atoms with Crippen molar-refractivity contribution in [2.45, 2.75) is 33.3 Å². The highest BCUT2D eigenvalue weighted by atomic mass is 16.6. The summed E-state index contributed by atoms with van der Waals surface area (Å²) in [5.41, 5.74) is 1.32. The van der Waals surface area contributed by atoms with E-state index in [4.69, 9.17) is 4.74 Å². The zero-order chi connectivity index (χ0) is 12.2. The number of ether oxygens (including phenoxy) is 1. The lowest BCUT2D eigenvalue weighted by atomic mass is 10.2. The Labute approximate surface area is 96.0 Å². The number of rotatable bonds is 3. The van der Waals surface area contributed by atoms with Crippen molar-refractivity contribution in [2.75, 3.05) is 11.9 Å². The number of pyridine rings is 1. The number of esters is 1. The Kier molecular flexibility index (Phi) is 3.88. The highest BCUT2D eigenvalue weighted by Crippen LogP contribution is 2.08. The molecule has 4 heteroatoms. The molecule has 0 aliphatic carbocycles. The zero-order valence-electron chi connectivity index (χ0n) is 10.2. The van der Waals surface area contributed by atoms with Crippen LogP contribution < -0.4 is 5.32 Å². The average molecular weight is 222 g/mol. The Morgan fingerprint density at radius 1 is 1.44 bits per heavy atom. The van der Waals surface area contributed by atoms with Crippen LogP contribution in [0.5, 0.6) is 0 Å². The largest absolute Gasteiger partial charge is 0.459 e. The van der Waals surface area contributed by atoms with Gasteiger partial charge in [-0.05, 0) is 39.8 Å². The molecule has 1 N–H and O–H groups in total. The quantitative estimate of drug-likeness (QED) is 0.796. The van der Waals surface area contributed by atoms with E-state index >= 15 is 0 Å². The van der Waals surface area contributed by atoms with Gasteiger partial charge in [-0.15, -0.1) is 0 Å². The normalized spacial score (nSPS) is 11.0. The molecule has 1 aromatic heterocycles. The van der Waals surface area contributed by atoms with E-state index in [9.17, 15) is 4.79 Å². The van der Waals surface area contributed by atoms with Crippen LogP contribution in [0, 0.1) is 6.92 Å². The van der Waals surface area contributed by atoms with Gasteiger partial charge in [0.05, 0.1) is 11.9 Å². The van der Waals surface area contributed by atoms with E-state index in [-0.39, 0.29) is 12.5 Å². The topological polar surface area (TPSA) is 51.2 Å². The van der Waals surface area contributed by atoms with Gasteiger partial charge in [0.2, 0.25) is 0 Å². The maximum absolute atomic E-state index is 11.4. The molecule has 0 radical (unpaired) electrons. The summed E-state index contributed by atoms with van der Waals surface area (Å²) in [5, 5.41) is 2.96. The average Bonchev–Trinajstić information content (AvgIpc) is 2.14. The van der Waals surface area contributed by atoms with Gasteiger partial charge in [-0.25, -0.2) is 0 Å². The molecule has 0 saturated heterocycles. The summed E-state index contributed by atoms with van der Waals surface area (Å²) >= 11 is 0. The van der Waals surface area contributed by atoms with E-state index in [0.29, 0.717) is 0 Å². The SMILES string of the molecule is Cc1ccc(NCC(=O)OC(C)(C)C)cn1. The molecule has 1 heterocycles. The van der Waals surface area contributed by atoms with Crippen molar-refractivity contribution in [2.24, 2.45) is 0 Å². The first-order valence-corrected chi connectivity index (χ1v) is 5.25. The first-order chi connectivity index (χ1) is 7.37. The van der Waals surface area contributed by atoms with Gasteiger partial charge in [0.25, 0.3) is 0 Å². The van der Waals surface area contributed by atoms with Gasteiger partial charge in [0.1, 0.15) is 12.1 Å². The number of carbonyl (C=O) groups excluding carboxylic acids is 1. The Morgan fingerprint density at radius 2 is 2.12 bits per heavy atom. The molecule has 16 heavy (non-hydrogen) atoms. The van der Waals surface area contributed by atoms with Crippen LogP contribution in [0.3, 0.4) is 0 Å². The molecule has 1 rings (SSSR count). The van der Waals surface area contributed by atoms with Gasteiger partial charge in [-0.2, -0.15) is 0 Å². The van der Waals surface area contributed by atoms with E-state index in [1.165, 1.54) is 0 Å². The molecule has 0 aromatic carbocycles. The van der Waals surface area contributed by atoms with E-state index in [0.717, 1.165) is 11.4 Å². The smallest absolute Gasteiger partial charge is 0.325 e. The summed E-state index contributed by atoms with van der Waals surface area (Å²) in [5.74, 6) is -0.270. The lowest BCUT2D eigenvalue weighted by Crippen LogP contribution is -2.28. The van der Waals surface area contributed by atoms with E-state index in [2.05, 4.69) is 10.3 Å². The Hall–Kier alpha value is -1.58. The fourth-order valence-electron chi connectivity index (χ4n) is 1.12. The van der Waals surface area contributed by atoms with Gasteiger partial charge in [-0.3, -0.25) is 9.78 Å². The molecular weight excluding hydrogens is 204 g/mol. The molecule has 0 bridgehead atoms. The van der Waals surface area contributed by atoms with Crippen molar-refractivity contribution in [3.05, 3.63) is 24.0 Å². The summed E-state index contributed by atoms with van der Waals surface area (Å²) < 4.78 is 5.16. The molecule has 1 aromatic rings. The summed E-state index contributed by atoms with van der Waals surface area (Å²) in [7, 11) is 0. The van der Waals surface area contributed by atoms with Crippen LogP contribution in [0.15, 0.2) is 18.3 Å². The molecular formula is C12H18N2O2. The van der Waals surface area contributed by atoms with Crippen molar-refractivity contribution in [3.8, 4) is 0 Å². The number of anilines is 1. The first-order valence-electron chi connectivity index (χ1n) is 5.25. The highest BCUT2D eigenvalue weighted by molar-refractivity contribution is 5.75. The second-order valence-corrected chi connectivity index (χ2v) is 4.63. The lowest BCUT2D eigenvalue weighted by Gasteiger charge is -2.19. The van der Waals surface area contributed by atoms with Gasteiger partial charge < -0.3 is 10.1 Å². The molecule has 0 aliphatic rings. The Balaban J connectivity index is 2.40. The van der Waals surface area contributed by atoms with Crippen LogP contribution in [0.1, 0.15) is 26.5 Å². The number of nitrogens with one attached hydrogen (secondary N) is 1. The molecule has 88 valence electrons. The summed E-state index contributed by atoms with van der Waals surface area (Å²) in [6, 6.07) is 3.77. The molecule has 4 nitrogen and oxygen atoms in total. The van der Waals surface area contributed by atoms with E-state index in [1.807, 2.05) is 39.8 Å². The van der Waals surface area contributed by atoms with Crippen molar-refractivity contribution in [3.63, 3.8) is 0 Å². The minimum absolute atomic E-state index is 0.155. The number of aromatic nitrogens is 1. The minimum atomic E-state index is -0.440. The minimum Gasteiger partial charge on any atom is -0.459 e. The zero-order valence-corrected chi connectivity index (χ0v) is 10.2. The summed E-state index contributed by atoms with van der Waals surface area (Å²) in [4.78, 5) is 15.5. The monoisotopic (exact) mass is 222 g/mol. The van der Waals surface area contributed by atoms with Crippen LogP contribution in [-0.2, 0) is 9.53 Å². The van der Waals surface area contributed by atoms with Gasteiger partial charge in [0, 0.05) is 5.69 Å². The van der Waals surface area contributed by atoms with Crippen LogP contribution in [0.25, 0.3) is 0 Å². The van der Waals surface area contributed by atoms with Crippen molar-refractivity contribution in [1.29, 1.82) is 0 Å². The molecule has 0 fully saturated rings. The number of aryl methyl sites for hydroxylation is 1. The first kappa shape index (κ1) is 12.5. The van der Waals surface area contributed by atoms with Gasteiger partial charge in [-0.1, -0.05) is 0 Å². The van der Waals surface area contributed by atoms with Gasteiger partial charge >= 0.3 is 5.97 Å². The van der Waals surface area contributed by atoms with Gasteiger partial charge in [0.15, 0.2) is 0 Å². The third-order valence-electron chi connectivity index (χ3n) is 1.77. The van der Waals surface area contributed by atoms with Crippen LogP contribution in [0.2, 0.25) is 0 Å². The molecule has 0 spiro atoms. The molecule has 0 saturated carbocycles. The predicted molar refractivity (Wildman–Crippen MR) is 63.3 cm³/mol. The number of hydrogen-bond donors (Lipinski definition) is 1. The third-order valence-corrected chi connectivity index (χ3v) is 1.77. The summed E-state index contributed by atoms with van der Waals surface area (Å²) in [6.07, 6.45) is 1.69. The number of carbonyl (C=O) groups is 1. The number of nitrogens with zero attached hydrogens (tertiary/aromatic N) is 1. The van der Waals surface area contributed by atoms with Crippen LogP contribution in [-0.4, -0.2) is 23.1 Å². The molecule has 0 aliphatic heterocycles. The molecule has 0 unspecified atom stereocenters. The van der Waals surface area contributed by atoms with Crippen molar-refractivity contribution in [1.82, 2.24) is 4.98 Å². The Morgan fingerprint density at radius 3 is 2.62 bits per heavy atom. The van der Waals surface area contributed by atoms with Crippen molar-refractivity contribution < 1.29 is 9.53 Å².